The lowest BCUT2D eigenvalue weighted by molar-refractivity contribution is -0.0270. The highest BCUT2D eigenvalue weighted by Crippen LogP contribution is 2.31. The van der Waals surface area contributed by atoms with Crippen LogP contribution in [0.1, 0.15) is 12.6 Å². The fraction of sp³-hybridized carbons (Fsp3) is 0.278. The number of aliphatic hydroxyl groups is 1. The molecule has 1 aromatic carbocycles. The lowest BCUT2D eigenvalue weighted by Crippen LogP contribution is -2.33. The molecule has 4 rings (SSSR count). The Labute approximate surface area is 167 Å². The van der Waals surface area contributed by atoms with Crippen LogP contribution >= 0.6 is 0 Å². The molecule has 0 aliphatic carbocycles. The maximum absolute atomic E-state index is 13.1. The number of rotatable bonds is 5. The Morgan fingerprint density at radius 1 is 1.37 bits per heavy atom. The molecule has 2 aromatic heterocycles. The molecule has 12 heteroatoms. The Morgan fingerprint density at radius 2 is 2.13 bits per heavy atom. The molecule has 1 unspecified atom stereocenters. The molecule has 0 bridgehead atoms. The quantitative estimate of drug-likeness (QED) is 0.369. The molecule has 0 radical (unpaired) electrons. The van der Waals surface area contributed by atoms with E-state index in [1.54, 1.807) is 0 Å². The number of H-pyrrole nitrogens is 1. The summed E-state index contributed by atoms with van der Waals surface area (Å²) in [6.45, 7) is -0.393. The first-order chi connectivity index (χ1) is 14.5. The van der Waals surface area contributed by atoms with Gasteiger partial charge in [-0.05, 0) is 29.8 Å². The number of benzene rings is 1. The maximum Gasteiger partial charge on any atom is 0.330 e. The second-order valence-electron chi connectivity index (χ2n) is 6.61. The molecule has 11 nitrogen and oxygen atoms in total. The summed E-state index contributed by atoms with van der Waals surface area (Å²) >= 11 is 0. The summed E-state index contributed by atoms with van der Waals surface area (Å²) in [6, 6.07) is 6.36. The minimum Gasteiger partial charge on any atom is -0.394 e. The molecular formula is C18H15FN6O5. The van der Waals surface area contributed by atoms with E-state index in [-0.39, 0.29) is 17.7 Å². The molecule has 3 atom stereocenters. The highest BCUT2D eigenvalue weighted by molar-refractivity contribution is 5.65. The van der Waals surface area contributed by atoms with Crippen molar-refractivity contribution in [1.29, 1.82) is 0 Å². The SMILES string of the molecule is [N-]=[N+]=NC1C[C@H](n2cc(-c3cc(-c4ccc(F)cc4)on3)c(=O)[nH]c2=O)O[C@@H]1CO. The smallest absolute Gasteiger partial charge is 0.330 e. The summed E-state index contributed by atoms with van der Waals surface area (Å²) in [4.78, 5) is 29.6. The summed E-state index contributed by atoms with van der Waals surface area (Å²) in [6.07, 6.45) is -0.222. The first-order valence-electron chi connectivity index (χ1n) is 8.89. The van der Waals surface area contributed by atoms with Crippen molar-refractivity contribution in [2.45, 2.75) is 24.8 Å². The fourth-order valence-electron chi connectivity index (χ4n) is 3.27. The van der Waals surface area contributed by atoms with E-state index in [0.29, 0.717) is 11.3 Å². The summed E-state index contributed by atoms with van der Waals surface area (Å²) < 4.78 is 25.1. The predicted molar refractivity (Wildman–Crippen MR) is 101 cm³/mol. The van der Waals surface area contributed by atoms with Crippen molar-refractivity contribution >= 4 is 0 Å². The maximum atomic E-state index is 13.1. The van der Waals surface area contributed by atoms with Crippen LogP contribution in [0.5, 0.6) is 0 Å². The number of aliphatic hydroxyl groups excluding tert-OH is 1. The summed E-state index contributed by atoms with van der Waals surface area (Å²) in [5, 5.41) is 16.8. The highest BCUT2D eigenvalue weighted by atomic mass is 19.1. The number of hydrogen-bond acceptors (Lipinski definition) is 7. The van der Waals surface area contributed by atoms with E-state index in [1.165, 1.54) is 36.5 Å². The minimum atomic E-state index is -0.857. The third kappa shape index (κ3) is 3.62. The van der Waals surface area contributed by atoms with Crippen LogP contribution in [0.4, 0.5) is 4.39 Å². The van der Waals surface area contributed by atoms with E-state index < -0.39 is 42.0 Å². The topological polar surface area (TPSA) is 159 Å². The van der Waals surface area contributed by atoms with Crippen LogP contribution in [0.15, 0.2) is 55.8 Å². The normalized spacial score (nSPS) is 20.8. The average Bonchev–Trinajstić information content (AvgIpc) is 3.36. The van der Waals surface area contributed by atoms with E-state index in [9.17, 15) is 19.1 Å². The Bertz CT molecular complexity index is 1230. The Balaban J connectivity index is 1.69. The summed E-state index contributed by atoms with van der Waals surface area (Å²) in [7, 11) is 0. The van der Waals surface area contributed by atoms with Gasteiger partial charge in [-0.2, -0.15) is 0 Å². The summed E-state index contributed by atoms with van der Waals surface area (Å²) in [5.74, 6) is -0.0955. The van der Waals surface area contributed by atoms with Gasteiger partial charge in [0.1, 0.15) is 17.7 Å². The van der Waals surface area contributed by atoms with Crippen molar-refractivity contribution in [2.75, 3.05) is 6.61 Å². The van der Waals surface area contributed by atoms with Gasteiger partial charge in [-0.3, -0.25) is 14.3 Å². The van der Waals surface area contributed by atoms with Gasteiger partial charge in [0.15, 0.2) is 5.76 Å². The van der Waals surface area contributed by atoms with Gasteiger partial charge >= 0.3 is 5.69 Å². The van der Waals surface area contributed by atoms with Gasteiger partial charge in [-0.25, -0.2) is 9.18 Å². The fourth-order valence-corrected chi connectivity index (χ4v) is 3.27. The Morgan fingerprint density at radius 3 is 2.83 bits per heavy atom. The lowest BCUT2D eigenvalue weighted by Gasteiger charge is -2.15. The van der Waals surface area contributed by atoms with Crippen molar-refractivity contribution in [1.82, 2.24) is 14.7 Å². The van der Waals surface area contributed by atoms with Gasteiger partial charge in [0.2, 0.25) is 0 Å². The zero-order chi connectivity index (χ0) is 21.3. The molecule has 3 heterocycles. The number of azide groups is 1. The molecule has 0 amide bonds. The minimum absolute atomic E-state index is 0.0445. The third-order valence-corrected chi connectivity index (χ3v) is 4.78. The Hall–Kier alpha value is -3.73. The zero-order valence-electron chi connectivity index (χ0n) is 15.3. The van der Waals surface area contributed by atoms with Gasteiger partial charge in [-0.15, -0.1) is 0 Å². The van der Waals surface area contributed by atoms with Crippen LogP contribution in [0.3, 0.4) is 0 Å². The van der Waals surface area contributed by atoms with E-state index >= 15 is 0 Å². The first-order valence-corrected chi connectivity index (χ1v) is 8.89. The van der Waals surface area contributed by atoms with E-state index in [1.807, 2.05) is 0 Å². The monoisotopic (exact) mass is 414 g/mol. The van der Waals surface area contributed by atoms with Gasteiger partial charge in [-0.1, -0.05) is 10.3 Å². The molecular weight excluding hydrogens is 399 g/mol. The average molecular weight is 414 g/mol. The Kier molecular flexibility index (Phi) is 5.19. The third-order valence-electron chi connectivity index (χ3n) is 4.78. The predicted octanol–water partition coefficient (Wildman–Crippen LogP) is 1.96. The number of nitrogens with zero attached hydrogens (tertiary/aromatic N) is 5. The van der Waals surface area contributed by atoms with E-state index in [4.69, 9.17) is 14.8 Å². The largest absolute Gasteiger partial charge is 0.394 e. The van der Waals surface area contributed by atoms with E-state index in [2.05, 4.69) is 20.2 Å². The second kappa shape index (κ2) is 7.95. The van der Waals surface area contributed by atoms with Crippen LogP contribution in [-0.2, 0) is 4.74 Å². The highest BCUT2D eigenvalue weighted by Gasteiger charge is 2.36. The molecule has 154 valence electrons. The number of halogens is 1. The van der Waals surface area contributed by atoms with Gasteiger partial charge in [0.05, 0.1) is 24.3 Å². The number of aromatic amines is 1. The summed E-state index contributed by atoms with van der Waals surface area (Å²) in [5.41, 5.74) is 8.01. The molecule has 1 saturated heterocycles. The molecule has 3 aromatic rings. The number of nitrogens with one attached hydrogen (secondary N) is 1. The molecule has 30 heavy (non-hydrogen) atoms. The van der Waals surface area contributed by atoms with Gasteiger partial charge in [0, 0.05) is 29.2 Å². The van der Waals surface area contributed by atoms with Crippen LogP contribution in [0.2, 0.25) is 0 Å². The van der Waals surface area contributed by atoms with Crippen LogP contribution < -0.4 is 11.2 Å². The van der Waals surface area contributed by atoms with Crippen molar-refractivity contribution in [3.05, 3.63) is 73.6 Å². The first kappa shape index (κ1) is 19.6. The van der Waals surface area contributed by atoms with Gasteiger partial charge < -0.3 is 14.4 Å². The number of aromatic nitrogens is 3. The van der Waals surface area contributed by atoms with E-state index in [0.717, 1.165) is 4.57 Å². The van der Waals surface area contributed by atoms with Crippen LogP contribution in [0, 0.1) is 5.82 Å². The van der Waals surface area contributed by atoms with Crippen molar-refractivity contribution in [3.8, 4) is 22.6 Å². The number of ether oxygens (including phenoxy) is 1. The molecule has 0 saturated carbocycles. The van der Waals surface area contributed by atoms with Crippen LogP contribution in [0.25, 0.3) is 33.0 Å². The lowest BCUT2D eigenvalue weighted by atomic mass is 10.1. The molecule has 0 spiro atoms. The zero-order valence-corrected chi connectivity index (χ0v) is 15.3. The molecule has 1 aliphatic rings. The van der Waals surface area contributed by atoms with Gasteiger partial charge in [0.25, 0.3) is 5.56 Å². The number of hydrogen-bond donors (Lipinski definition) is 2. The molecule has 1 aliphatic heterocycles. The molecule has 2 N–H and O–H groups in total. The second-order valence-corrected chi connectivity index (χ2v) is 6.61. The van der Waals surface area contributed by atoms with Crippen molar-refractivity contribution < 1.29 is 18.8 Å². The van der Waals surface area contributed by atoms with Crippen LogP contribution in [-0.4, -0.2) is 38.6 Å². The molecule has 1 fully saturated rings. The van der Waals surface area contributed by atoms with Crippen molar-refractivity contribution in [2.24, 2.45) is 5.11 Å². The standard InChI is InChI=1S/C18H15FN6O5/c19-10-3-1-9(2-4-10)14-5-12(23-30-14)11-7-25(18(28)21-17(11)27)16-6-13(22-24-20)15(8-26)29-16/h1-5,7,13,15-16,26H,6,8H2,(H,21,27,28)/t13?,15-,16-/m1/s1. The van der Waals surface area contributed by atoms with Crippen molar-refractivity contribution in [3.63, 3.8) is 0 Å².